The Morgan fingerprint density at radius 2 is 1.70 bits per heavy atom. The highest BCUT2D eigenvalue weighted by molar-refractivity contribution is 5.47. The Balaban J connectivity index is 1.89. The van der Waals surface area contributed by atoms with Gasteiger partial charge >= 0.3 is 0 Å². The van der Waals surface area contributed by atoms with Crippen molar-refractivity contribution in [3.05, 3.63) is 53.1 Å². The third-order valence-corrected chi connectivity index (χ3v) is 3.89. The van der Waals surface area contributed by atoms with Gasteiger partial charge in [-0.3, -0.25) is 0 Å². The molecule has 104 valence electrons. The minimum Gasteiger partial charge on any atom is -0.508 e. The van der Waals surface area contributed by atoms with Crippen molar-refractivity contribution < 1.29 is 20.6 Å². The van der Waals surface area contributed by atoms with E-state index in [1.807, 2.05) is 12.1 Å². The van der Waals surface area contributed by atoms with E-state index in [1.54, 1.807) is 24.3 Å². The van der Waals surface area contributed by atoms with Crippen LogP contribution in [0.1, 0.15) is 22.7 Å². The zero-order valence-electron chi connectivity index (χ0n) is 11.1. The van der Waals surface area contributed by atoms with Gasteiger partial charge in [-0.2, -0.15) is 0 Å². The summed E-state index contributed by atoms with van der Waals surface area (Å²) < 4.78 is 0. The molecule has 20 heavy (non-hydrogen) atoms. The number of benzene rings is 2. The van der Waals surface area contributed by atoms with Crippen LogP contribution in [0.15, 0.2) is 36.4 Å². The molecule has 3 rings (SSSR count). The highest BCUT2D eigenvalue weighted by Gasteiger charge is 2.25. The predicted molar refractivity (Wildman–Crippen MR) is 74.8 cm³/mol. The van der Waals surface area contributed by atoms with Crippen LogP contribution in [0.2, 0.25) is 0 Å². The molecular weight excluding hydrogens is 254 g/mol. The number of rotatable bonds is 2. The summed E-state index contributed by atoms with van der Waals surface area (Å²) in [4.78, 5) is 0. The molecule has 2 aromatic rings. The number of phenolic OH excluding ortho intramolecular Hbond substituents is 3. The van der Waals surface area contributed by atoms with Crippen LogP contribution in [0.4, 0.5) is 0 Å². The van der Waals surface area contributed by atoms with E-state index in [0.717, 1.165) is 36.1 Å². The van der Waals surface area contributed by atoms with Crippen molar-refractivity contribution in [2.24, 2.45) is 0 Å². The normalized spacial score (nSPS) is 17.7. The summed E-state index contributed by atoms with van der Waals surface area (Å²) in [7, 11) is 0. The van der Waals surface area contributed by atoms with Crippen molar-refractivity contribution in [3.63, 3.8) is 0 Å². The second-order valence-corrected chi connectivity index (χ2v) is 5.29. The summed E-state index contributed by atoms with van der Waals surface area (Å²) in [6, 6.07) is 10.8. The van der Waals surface area contributed by atoms with Crippen molar-refractivity contribution in [2.45, 2.75) is 18.9 Å². The molecule has 0 unspecified atom stereocenters. The summed E-state index contributed by atoms with van der Waals surface area (Å²) in [5, 5.41) is 30.9. The molecule has 0 saturated heterocycles. The second kappa shape index (κ2) is 5.06. The number of hydrogen-bond donors (Lipinski definition) is 4. The Morgan fingerprint density at radius 1 is 1.00 bits per heavy atom. The lowest BCUT2D eigenvalue weighted by Crippen LogP contribution is -2.87. The fourth-order valence-corrected chi connectivity index (χ4v) is 2.84. The van der Waals surface area contributed by atoms with Crippen LogP contribution in [-0.2, 0) is 12.8 Å². The molecule has 1 atom stereocenters. The number of phenols is 3. The van der Waals surface area contributed by atoms with Crippen LogP contribution in [-0.4, -0.2) is 21.9 Å². The summed E-state index contributed by atoms with van der Waals surface area (Å²) in [5.74, 6) is 0.160. The maximum absolute atomic E-state index is 9.70. The first-order valence-corrected chi connectivity index (χ1v) is 6.79. The van der Waals surface area contributed by atoms with Gasteiger partial charge in [0, 0.05) is 18.4 Å². The van der Waals surface area contributed by atoms with Gasteiger partial charge in [-0.05, 0) is 35.4 Å². The second-order valence-electron chi connectivity index (χ2n) is 5.29. The molecule has 2 aromatic carbocycles. The van der Waals surface area contributed by atoms with E-state index in [-0.39, 0.29) is 23.3 Å². The van der Waals surface area contributed by atoms with E-state index in [0.29, 0.717) is 0 Å². The molecule has 1 aliphatic rings. The Bertz CT molecular complexity index is 622. The van der Waals surface area contributed by atoms with Crippen molar-refractivity contribution in [1.29, 1.82) is 0 Å². The van der Waals surface area contributed by atoms with Gasteiger partial charge in [-0.25, -0.2) is 0 Å². The van der Waals surface area contributed by atoms with Crippen LogP contribution in [0.25, 0.3) is 0 Å². The average molecular weight is 272 g/mol. The molecule has 4 heteroatoms. The van der Waals surface area contributed by atoms with E-state index >= 15 is 0 Å². The SMILES string of the molecule is Oc1ccc(C[C@@H]2[NH2+]CCc3cc(O)c(O)cc32)cc1. The number of nitrogens with two attached hydrogens (primary N) is 1. The van der Waals surface area contributed by atoms with Crippen LogP contribution < -0.4 is 5.32 Å². The number of aromatic hydroxyl groups is 3. The smallest absolute Gasteiger partial charge is 0.157 e. The summed E-state index contributed by atoms with van der Waals surface area (Å²) in [6.45, 7) is 0.972. The third kappa shape index (κ3) is 2.42. The molecule has 0 radical (unpaired) electrons. The van der Waals surface area contributed by atoms with Crippen molar-refractivity contribution in [2.75, 3.05) is 6.54 Å². The Morgan fingerprint density at radius 3 is 2.45 bits per heavy atom. The molecule has 0 amide bonds. The van der Waals surface area contributed by atoms with E-state index in [4.69, 9.17) is 0 Å². The Labute approximate surface area is 117 Å². The maximum Gasteiger partial charge on any atom is 0.157 e. The molecule has 1 aliphatic heterocycles. The monoisotopic (exact) mass is 272 g/mol. The fraction of sp³-hybridized carbons (Fsp3) is 0.250. The standard InChI is InChI=1S/C16H17NO3/c18-12-3-1-10(2-4-12)7-14-13-9-16(20)15(19)8-11(13)5-6-17-14/h1-4,8-9,14,17-20H,5-7H2/p+1/t14-/m0/s1. The first-order valence-electron chi connectivity index (χ1n) is 6.79. The lowest BCUT2D eigenvalue weighted by Gasteiger charge is -2.24. The van der Waals surface area contributed by atoms with Crippen LogP contribution >= 0.6 is 0 Å². The van der Waals surface area contributed by atoms with Gasteiger partial charge in [0.25, 0.3) is 0 Å². The molecule has 0 aromatic heterocycles. The van der Waals surface area contributed by atoms with E-state index in [9.17, 15) is 15.3 Å². The fourth-order valence-electron chi connectivity index (χ4n) is 2.84. The largest absolute Gasteiger partial charge is 0.508 e. The minimum absolute atomic E-state index is 0.0472. The van der Waals surface area contributed by atoms with Gasteiger partial charge in [-0.15, -0.1) is 0 Å². The first-order chi connectivity index (χ1) is 9.63. The molecule has 0 bridgehead atoms. The van der Waals surface area contributed by atoms with Crippen molar-refractivity contribution in [3.8, 4) is 17.2 Å². The van der Waals surface area contributed by atoms with E-state index < -0.39 is 0 Å². The zero-order chi connectivity index (χ0) is 14.1. The number of fused-ring (bicyclic) bond motifs is 1. The third-order valence-electron chi connectivity index (χ3n) is 3.89. The van der Waals surface area contributed by atoms with Gasteiger partial charge in [0.1, 0.15) is 11.8 Å². The van der Waals surface area contributed by atoms with Gasteiger partial charge in [0.2, 0.25) is 0 Å². The maximum atomic E-state index is 9.70. The van der Waals surface area contributed by atoms with Crippen LogP contribution in [0, 0.1) is 0 Å². The summed E-state index contributed by atoms with van der Waals surface area (Å²) in [6.07, 6.45) is 1.73. The quantitative estimate of drug-likeness (QED) is 0.621. The van der Waals surface area contributed by atoms with Gasteiger partial charge in [-0.1, -0.05) is 12.1 Å². The number of hydrogen-bond acceptors (Lipinski definition) is 3. The lowest BCUT2D eigenvalue weighted by molar-refractivity contribution is -0.698. The molecule has 0 spiro atoms. The highest BCUT2D eigenvalue weighted by Crippen LogP contribution is 2.33. The molecule has 5 N–H and O–H groups in total. The zero-order valence-corrected chi connectivity index (χ0v) is 11.1. The number of quaternary nitrogens is 1. The molecule has 0 aliphatic carbocycles. The highest BCUT2D eigenvalue weighted by atomic mass is 16.3. The topological polar surface area (TPSA) is 77.3 Å². The van der Waals surface area contributed by atoms with Gasteiger partial charge in [0.05, 0.1) is 6.54 Å². The molecule has 4 nitrogen and oxygen atoms in total. The molecular formula is C16H18NO3+. The van der Waals surface area contributed by atoms with E-state index in [2.05, 4.69) is 5.32 Å². The Hall–Kier alpha value is -2.20. The first kappa shape index (κ1) is 12.8. The van der Waals surface area contributed by atoms with E-state index in [1.165, 1.54) is 0 Å². The van der Waals surface area contributed by atoms with Crippen molar-refractivity contribution in [1.82, 2.24) is 0 Å². The molecule has 0 saturated carbocycles. The minimum atomic E-state index is -0.0604. The lowest BCUT2D eigenvalue weighted by atomic mass is 9.90. The van der Waals surface area contributed by atoms with Crippen LogP contribution in [0.5, 0.6) is 17.2 Å². The summed E-state index contributed by atoms with van der Waals surface area (Å²) in [5.41, 5.74) is 3.33. The van der Waals surface area contributed by atoms with Gasteiger partial charge in [0.15, 0.2) is 11.5 Å². The summed E-state index contributed by atoms with van der Waals surface area (Å²) >= 11 is 0. The average Bonchev–Trinajstić information content (AvgIpc) is 2.43. The van der Waals surface area contributed by atoms with Crippen LogP contribution in [0.3, 0.4) is 0 Å². The van der Waals surface area contributed by atoms with Gasteiger partial charge < -0.3 is 20.6 Å². The molecule has 0 fully saturated rings. The Kier molecular flexibility index (Phi) is 3.24. The predicted octanol–water partition coefficient (Wildman–Crippen LogP) is 1.21. The molecule has 1 heterocycles. The van der Waals surface area contributed by atoms with Crippen molar-refractivity contribution >= 4 is 0 Å².